The van der Waals surface area contributed by atoms with E-state index in [4.69, 9.17) is 5.73 Å². The second-order valence-corrected chi connectivity index (χ2v) is 4.27. The Bertz CT molecular complexity index is 337. The van der Waals surface area contributed by atoms with E-state index in [0.717, 1.165) is 17.5 Å². The van der Waals surface area contributed by atoms with Crippen LogP contribution in [0, 0.1) is 6.92 Å². The highest BCUT2D eigenvalue weighted by Gasteiger charge is 2.05. The van der Waals surface area contributed by atoms with E-state index in [2.05, 4.69) is 34.4 Å². The Labute approximate surface area is 96.9 Å². The molecular weight excluding hydrogens is 202 g/mol. The molecular formula is C11H21N5. The molecule has 0 bridgehead atoms. The Morgan fingerprint density at radius 3 is 2.25 bits per heavy atom. The summed E-state index contributed by atoms with van der Waals surface area (Å²) in [5.41, 5.74) is 5.56. The molecule has 1 aromatic heterocycles. The number of hydrogen-bond donors (Lipinski definition) is 3. The molecule has 1 unspecified atom stereocenters. The van der Waals surface area contributed by atoms with Gasteiger partial charge in [0, 0.05) is 24.7 Å². The molecule has 0 spiro atoms. The van der Waals surface area contributed by atoms with Crippen molar-refractivity contribution < 1.29 is 0 Å². The summed E-state index contributed by atoms with van der Waals surface area (Å²) in [6, 6.07) is 2.47. The highest BCUT2D eigenvalue weighted by atomic mass is 15.1. The Kier molecular flexibility index (Phi) is 4.49. The van der Waals surface area contributed by atoms with Crippen molar-refractivity contribution in [2.24, 2.45) is 5.73 Å². The van der Waals surface area contributed by atoms with Crippen LogP contribution in [0.25, 0.3) is 0 Å². The van der Waals surface area contributed by atoms with Gasteiger partial charge in [-0.15, -0.1) is 0 Å². The molecule has 5 heteroatoms. The molecule has 0 aromatic carbocycles. The molecule has 1 heterocycles. The highest BCUT2D eigenvalue weighted by molar-refractivity contribution is 5.48. The lowest BCUT2D eigenvalue weighted by atomic mass is 10.3. The van der Waals surface area contributed by atoms with E-state index < -0.39 is 0 Å². The van der Waals surface area contributed by atoms with Crippen LogP contribution in [-0.2, 0) is 0 Å². The summed E-state index contributed by atoms with van der Waals surface area (Å²) in [5.74, 6) is 2.40. The standard InChI is InChI=1S/C11H21N5/c1-7(2)13-10-5-11(14-8(3)6-12)16-9(4)15-10/h5,7-8H,6,12H2,1-4H3,(H2,13,14,15,16). The van der Waals surface area contributed by atoms with Crippen LogP contribution in [-0.4, -0.2) is 28.6 Å². The topological polar surface area (TPSA) is 75.9 Å². The van der Waals surface area contributed by atoms with Gasteiger partial charge in [-0.2, -0.15) is 0 Å². The van der Waals surface area contributed by atoms with Gasteiger partial charge in [-0.1, -0.05) is 0 Å². The lowest BCUT2D eigenvalue weighted by molar-refractivity contribution is 0.794. The van der Waals surface area contributed by atoms with E-state index in [-0.39, 0.29) is 6.04 Å². The zero-order valence-electron chi connectivity index (χ0n) is 10.4. The van der Waals surface area contributed by atoms with Gasteiger partial charge in [-0.3, -0.25) is 0 Å². The minimum Gasteiger partial charge on any atom is -0.368 e. The van der Waals surface area contributed by atoms with Crippen LogP contribution in [0.2, 0.25) is 0 Å². The Hall–Kier alpha value is -1.36. The van der Waals surface area contributed by atoms with Crippen molar-refractivity contribution in [3.63, 3.8) is 0 Å². The molecule has 0 aliphatic rings. The van der Waals surface area contributed by atoms with Gasteiger partial charge in [0.1, 0.15) is 17.5 Å². The van der Waals surface area contributed by atoms with Crippen molar-refractivity contribution in [2.45, 2.75) is 39.8 Å². The second kappa shape index (κ2) is 5.65. The quantitative estimate of drug-likeness (QED) is 0.703. The Morgan fingerprint density at radius 1 is 1.19 bits per heavy atom. The second-order valence-electron chi connectivity index (χ2n) is 4.27. The Balaban J connectivity index is 2.81. The van der Waals surface area contributed by atoms with Crippen LogP contribution in [0.15, 0.2) is 6.07 Å². The minimum atomic E-state index is 0.209. The molecule has 0 saturated carbocycles. The van der Waals surface area contributed by atoms with E-state index in [1.54, 1.807) is 0 Å². The molecule has 5 nitrogen and oxygen atoms in total. The van der Waals surface area contributed by atoms with Crippen molar-refractivity contribution >= 4 is 11.6 Å². The highest BCUT2D eigenvalue weighted by Crippen LogP contribution is 2.12. The predicted octanol–water partition coefficient (Wildman–Crippen LogP) is 1.36. The largest absolute Gasteiger partial charge is 0.368 e. The van der Waals surface area contributed by atoms with E-state index in [9.17, 15) is 0 Å². The fourth-order valence-corrected chi connectivity index (χ4v) is 1.32. The lowest BCUT2D eigenvalue weighted by Gasteiger charge is -2.15. The first kappa shape index (κ1) is 12.7. The van der Waals surface area contributed by atoms with Gasteiger partial charge < -0.3 is 16.4 Å². The third-order valence-electron chi connectivity index (χ3n) is 2.02. The first-order chi connectivity index (χ1) is 7.51. The van der Waals surface area contributed by atoms with Gasteiger partial charge in [-0.05, 0) is 27.7 Å². The van der Waals surface area contributed by atoms with Gasteiger partial charge in [0.15, 0.2) is 0 Å². The van der Waals surface area contributed by atoms with Crippen LogP contribution in [0.3, 0.4) is 0 Å². The first-order valence-electron chi connectivity index (χ1n) is 5.60. The van der Waals surface area contributed by atoms with Crippen LogP contribution in [0.1, 0.15) is 26.6 Å². The van der Waals surface area contributed by atoms with Crippen LogP contribution >= 0.6 is 0 Å². The molecule has 16 heavy (non-hydrogen) atoms. The zero-order valence-corrected chi connectivity index (χ0v) is 10.4. The molecule has 1 rings (SSSR count). The van der Waals surface area contributed by atoms with Gasteiger partial charge in [0.2, 0.25) is 0 Å². The molecule has 0 aliphatic heterocycles. The zero-order chi connectivity index (χ0) is 12.1. The number of aromatic nitrogens is 2. The molecule has 0 fully saturated rings. The van der Waals surface area contributed by atoms with Gasteiger partial charge in [0.05, 0.1) is 0 Å². The maximum Gasteiger partial charge on any atom is 0.132 e. The minimum absolute atomic E-state index is 0.209. The number of nitrogens with zero attached hydrogens (tertiary/aromatic N) is 2. The average Bonchev–Trinajstić information content (AvgIpc) is 2.15. The van der Waals surface area contributed by atoms with Crippen LogP contribution in [0.5, 0.6) is 0 Å². The summed E-state index contributed by atoms with van der Waals surface area (Å²) < 4.78 is 0. The summed E-state index contributed by atoms with van der Waals surface area (Å²) in [4.78, 5) is 8.62. The fraction of sp³-hybridized carbons (Fsp3) is 0.636. The normalized spacial score (nSPS) is 12.6. The first-order valence-corrected chi connectivity index (χ1v) is 5.60. The van der Waals surface area contributed by atoms with Gasteiger partial charge in [0.25, 0.3) is 0 Å². The average molecular weight is 223 g/mol. The smallest absolute Gasteiger partial charge is 0.132 e. The summed E-state index contributed by atoms with van der Waals surface area (Å²) in [6.45, 7) is 8.63. The number of aryl methyl sites for hydroxylation is 1. The van der Waals surface area contributed by atoms with E-state index in [1.165, 1.54) is 0 Å². The number of rotatable bonds is 5. The summed E-state index contributed by atoms with van der Waals surface area (Å²) in [5, 5.41) is 6.48. The Morgan fingerprint density at radius 2 is 1.75 bits per heavy atom. The number of nitrogens with two attached hydrogens (primary N) is 1. The summed E-state index contributed by atoms with van der Waals surface area (Å²) in [6.07, 6.45) is 0. The molecule has 90 valence electrons. The molecule has 0 aliphatic carbocycles. The van der Waals surface area contributed by atoms with E-state index >= 15 is 0 Å². The molecule has 4 N–H and O–H groups in total. The number of nitrogens with one attached hydrogen (secondary N) is 2. The lowest BCUT2D eigenvalue weighted by Crippen LogP contribution is -2.26. The monoisotopic (exact) mass is 223 g/mol. The molecule has 0 radical (unpaired) electrons. The SMILES string of the molecule is Cc1nc(NC(C)C)cc(NC(C)CN)n1. The third-order valence-corrected chi connectivity index (χ3v) is 2.02. The van der Waals surface area contributed by atoms with Crippen molar-refractivity contribution in [3.8, 4) is 0 Å². The maximum atomic E-state index is 5.56. The van der Waals surface area contributed by atoms with Crippen molar-refractivity contribution in [2.75, 3.05) is 17.2 Å². The summed E-state index contributed by atoms with van der Waals surface area (Å²) in [7, 11) is 0. The van der Waals surface area contributed by atoms with Gasteiger partial charge in [-0.25, -0.2) is 9.97 Å². The molecule has 0 amide bonds. The van der Waals surface area contributed by atoms with Crippen LogP contribution in [0.4, 0.5) is 11.6 Å². The molecule has 0 saturated heterocycles. The van der Waals surface area contributed by atoms with Crippen LogP contribution < -0.4 is 16.4 Å². The number of hydrogen-bond acceptors (Lipinski definition) is 5. The van der Waals surface area contributed by atoms with Crippen molar-refractivity contribution in [3.05, 3.63) is 11.9 Å². The summed E-state index contributed by atoms with van der Waals surface area (Å²) >= 11 is 0. The van der Waals surface area contributed by atoms with E-state index in [1.807, 2.05) is 19.9 Å². The molecule has 1 atom stereocenters. The van der Waals surface area contributed by atoms with Crippen molar-refractivity contribution in [1.29, 1.82) is 0 Å². The van der Waals surface area contributed by atoms with Crippen molar-refractivity contribution in [1.82, 2.24) is 9.97 Å². The van der Waals surface area contributed by atoms with E-state index in [0.29, 0.717) is 12.6 Å². The predicted molar refractivity (Wildman–Crippen MR) is 67.7 cm³/mol. The van der Waals surface area contributed by atoms with Gasteiger partial charge >= 0.3 is 0 Å². The third kappa shape index (κ3) is 4.02. The molecule has 1 aromatic rings. The fourth-order valence-electron chi connectivity index (χ4n) is 1.32. The number of anilines is 2. The maximum absolute atomic E-state index is 5.56.